The normalized spacial score (nSPS) is 12.1. The van der Waals surface area contributed by atoms with E-state index in [1.165, 1.54) is 32.1 Å². The van der Waals surface area contributed by atoms with E-state index in [4.69, 9.17) is 10.5 Å². The average molecular weight is 291 g/mol. The lowest BCUT2D eigenvalue weighted by Crippen LogP contribution is -2.13. The third-order valence-electron chi connectivity index (χ3n) is 3.58. The lowest BCUT2D eigenvalue weighted by molar-refractivity contribution is -0.117. The summed E-state index contributed by atoms with van der Waals surface area (Å²) in [5.74, 6) is 0.994. The Hall–Kier alpha value is -1.35. The molecule has 1 aromatic carbocycles. The average Bonchev–Trinajstić information content (AvgIpc) is 2.46. The van der Waals surface area contributed by atoms with Gasteiger partial charge < -0.3 is 10.5 Å². The molecule has 0 saturated heterocycles. The van der Waals surface area contributed by atoms with Crippen molar-refractivity contribution in [3.05, 3.63) is 29.8 Å². The van der Waals surface area contributed by atoms with Crippen LogP contribution in [0.5, 0.6) is 5.75 Å². The number of nitrogens with two attached hydrogens (primary N) is 1. The van der Waals surface area contributed by atoms with Gasteiger partial charge in [-0.15, -0.1) is 0 Å². The van der Waals surface area contributed by atoms with Gasteiger partial charge in [0.1, 0.15) is 11.5 Å². The highest BCUT2D eigenvalue weighted by molar-refractivity contribution is 5.76. The van der Waals surface area contributed by atoms with Crippen LogP contribution in [0.2, 0.25) is 0 Å². The van der Waals surface area contributed by atoms with Gasteiger partial charge in [-0.3, -0.25) is 4.79 Å². The van der Waals surface area contributed by atoms with Gasteiger partial charge in [0.15, 0.2) is 0 Å². The second-order valence-electron chi connectivity index (χ2n) is 5.70. The summed E-state index contributed by atoms with van der Waals surface area (Å²) < 4.78 is 5.72. The van der Waals surface area contributed by atoms with Crippen LogP contribution in [0.3, 0.4) is 0 Å². The Morgan fingerprint density at radius 1 is 1.10 bits per heavy atom. The van der Waals surface area contributed by atoms with Crippen LogP contribution in [-0.2, 0) is 4.79 Å². The van der Waals surface area contributed by atoms with E-state index in [2.05, 4.69) is 6.92 Å². The molecule has 3 nitrogen and oxygen atoms in total. The molecule has 0 saturated carbocycles. The topological polar surface area (TPSA) is 52.3 Å². The van der Waals surface area contributed by atoms with Crippen molar-refractivity contribution in [2.75, 3.05) is 6.61 Å². The maximum Gasteiger partial charge on any atom is 0.131 e. The fourth-order valence-electron chi connectivity index (χ4n) is 2.31. The summed E-state index contributed by atoms with van der Waals surface area (Å²) in [5, 5.41) is 0. The maximum atomic E-state index is 11.1. The molecule has 21 heavy (non-hydrogen) atoms. The van der Waals surface area contributed by atoms with Crippen molar-refractivity contribution in [2.24, 2.45) is 5.73 Å². The molecule has 0 aliphatic rings. The second-order valence-corrected chi connectivity index (χ2v) is 5.70. The highest BCUT2D eigenvalue weighted by Crippen LogP contribution is 2.19. The number of carbonyl (C=O) groups excluding carboxylic acids is 1. The zero-order valence-corrected chi connectivity index (χ0v) is 13.4. The summed E-state index contributed by atoms with van der Waals surface area (Å²) in [7, 11) is 0. The molecule has 0 amide bonds. The molecule has 1 atom stereocenters. The SMILES string of the molecule is CCCCCCCCOc1ccc(C(N)CC(C)=O)cc1. The predicted molar refractivity (Wildman–Crippen MR) is 87.5 cm³/mol. The van der Waals surface area contributed by atoms with Crippen molar-refractivity contribution in [1.82, 2.24) is 0 Å². The van der Waals surface area contributed by atoms with Gasteiger partial charge in [-0.1, -0.05) is 51.2 Å². The predicted octanol–water partition coefficient (Wildman–Crippen LogP) is 4.40. The first-order valence-corrected chi connectivity index (χ1v) is 8.11. The second kappa shape index (κ2) is 10.4. The molecule has 0 aromatic heterocycles. The number of unbranched alkanes of at least 4 members (excludes halogenated alkanes) is 5. The number of hydrogen-bond acceptors (Lipinski definition) is 3. The van der Waals surface area contributed by atoms with Crippen molar-refractivity contribution in [1.29, 1.82) is 0 Å². The van der Waals surface area contributed by atoms with E-state index < -0.39 is 0 Å². The number of carbonyl (C=O) groups is 1. The van der Waals surface area contributed by atoms with Crippen molar-refractivity contribution in [3.63, 3.8) is 0 Å². The molecule has 1 unspecified atom stereocenters. The quantitative estimate of drug-likeness (QED) is 0.615. The van der Waals surface area contributed by atoms with Gasteiger partial charge >= 0.3 is 0 Å². The lowest BCUT2D eigenvalue weighted by Gasteiger charge is -2.11. The minimum atomic E-state index is -0.213. The van der Waals surface area contributed by atoms with Crippen molar-refractivity contribution >= 4 is 5.78 Å². The van der Waals surface area contributed by atoms with E-state index in [1.54, 1.807) is 6.92 Å². The summed E-state index contributed by atoms with van der Waals surface area (Å²) in [6, 6.07) is 7.56. The number of ketones is 1. The lowest BCUT2D eigenvalue weighted by atomic mass is 10.0. The molecule has 0 heterocycles. The number of Topliss-reactive ketones (excluding diaryl/α,β-unsaturated/α-hetero) is 1. The zero-order chi connectivity index (χ0) is 15.5. The monoisotopic (exact) mass is 291 g/mol. The van der Waals surface area contributed by atoms with Gasteiger partial charge in [-0.2, -0.15) is 0 Å². The van der Waals surface area contributed by atoms with Gasteiger partial charge in [0.05, 0.1) is 6.61 Å². The largest absolute Gasteiger partial charge is 0.494 e. The van der Waals surface area contributed by atoms with Crippen LogP contribution in [0.4, 0.5) is 0 Å². The molecule has 1 aromatic rings. The molecular weight excluding hydrogens is 262 g/mol. The van der Waals surface area contributed by atoms with Crippen LogP contribution >= 0.6 is 0 Å². The first-order valence-electron chi connectivity index (χ1n) is 8.11. The van der Waals surface area contributed by atoms with Gasteiger partial charge in [0.2, 0.25) is 0 Å². The number of rotatable bonds is 11. The fraction of sp³-hybridized carbons (Fsp3) is 0.611. The number of hydrogen-bond donors (Lipinski definition) is 1. The van der Waals surface area contributed by atoms with E-state index in [0.29, 0.717) is 6.42 Å². The van der Waals surface area contributed by atoms with Crippen LogP contribution in [0.25, 0.3) is 0 Å². The molecule has 0 radical (unpaired) electrons. The minimum absolute atomic E-state index is 0.117. The van der Waals surface area contributed by atoms with Gasteiger partial charge in [0.25, 0.3) is 0 Å². The third kappa shape index (κ3) is 7.86. The molecule has 0 aliphatic heterocycles. The Labute approximate surface area is 128 Å². The Morgan fingerprint density at radius 3 is 2.33 bits per heavy atom. The van der Waals surface area contributed by atoms with Crippen LogP contribution < -0.4 is 10.5 Å². The van der Waals surface area contributed by atoms with Crippen LogP contribution in [-0.4, -0.2) is 12.4 Å². The molecule has 3 heteroatoms. The molecule has 0 bridgehead atoms. The summed E-state index contributed by atoms with van der Waals surface area (Å²) in [6.07, 6.45) is 7.99. The van der Waals surface area contributed by atoms with E-state index in [-0.39, 0.29) is 11.8 Å². The van der Waals surface area contributed by atoms with Crippen LogP contribution in [0.15, 0.2) is 24.3 Å². The highest BCUT2D eigenvalue weighted by atomic mass is 16.5. The molecule has 1 rings (SSSR count). The number of benzene rings is 1. The van der Waals surface area contributed by atoms with Gasteiger partial charge in [-0.05, 0) is 31.0 Å². The van der Waals surface area contributed by atoms with Crippen molar-refractivity contribution < 1.29 is 9.53 Å². The molecule has 0 aliphatic carbocycles. The molecule has 2 N–H and O–H groups in total. The summed E-state index contributed by atoms with van der Waals surface area (Å²) >= 11 is 0. The maximum absolute atomic E-state index is 11.1. The first kappa shape index (κ1) is 17.7. The molecular formula is C18H29NO2. The van der Waals surface area contributed by atoms with Crippen molar-refractivity contribution in [2.45, 2.75) is 64.8 Å². The van der Waals surface area contributed by atoms with Crippen LogP contribution in [0, 0.1) is 0 Å². The summed E-state index contributed by atoms with van der Waals surface area (Å²) in [5.41, 5.74) is 6.95. The van der Waals surface area contributed by atoms with Gasteiger partial charge in [0, 0.05) is 12.5 Å². The standard InChI is InChI=1S/C18H29NO2/c1-3-4-5-6-7-8-13-21-17-11-9-16(10-12-17)18(19)14-15(2)20/h9-12,18H,3-8,13-14,19H2,1-2H3. The van der Waals surface area contributed by atoms with Crippen LogP contribution in [0.1, 0.15) is 70.4 Å². The molecule has 0 fully saturated rings. The summed E-state index contributed by atoms with van der Waals surface area (Å²) in [6.45, 7) is 4.57. The number of ether oxygens (including phenoxy) is 1. The Balaban J connectivity index is 2.23. The fourth-order valence-corrected chi connectivity index (χ4v) is 2.31. The van der Waals surface area contributed by atoms with Crippen molar-refractivity contribution in [3.8, 4) is 5.75 Å². The minimum Gasteiger partial charge on any atom is -0.494 e. The zero-order valence-electron chi connectivity index (χ0n) is 13.4. The van der Waals surface area contributed by atoms with E-state index in [9.17, 15) is 4.79 Å². The Morgan fingerprint density at radius 2 is 1.71 bits per heavy atom. The Bertz CT molecular complexity index is 400. The summed E-state index contributed by atoms with van der Waals surface area (Å²) in [4.78, 5) is 11.1. The van der Waals surface area contributed by atoms with E-state index >= 15 is 0 Å². The first-order chi connectivity index (χ1) is 10.1. The smallest absolute Gasteiger partial charge is 0.131 e. The highest BCUT2D eigenvalue weighted by Gasteiger charge is 2.08. The van der Waals surface area contributed by atoms with E-state index in [0.717, 1.165) is 24.3 Å². The van der Waals surface area contributed by atoms with E-state index in [1.807, 2.05) is 24.3 Å². The van der Waals surface area contributed by atoms with Gasteiger partial charge in [-0.25, -0.2) is 0 Å². The Kier molecular flexibility index (Phi) is 8.76. The molecule has 118 valence electrons. The third-order valence-corrected chi connectivity index (χ3v) is 3.58. The molecule has 0 spiro atoms.